The highest BCUT2D eigenvalue weighted by atomic mass is 15.1. The first kappa shape index (κ1) is 18.9. The summed E-state index contributed by atoms with van der Waals surface area (Å²) in [6.45, 7) is 0. The smallest absolute Gasteiger partial charge is 0.0618 e. The fourth-order valence-electron chi connectivity index (χ4n) is 4.05. The van der Waals surface area contributed by atoms with Gasteiger partial charge in [-0.15, -0.1) is 0 Å². The van der Waals surface area contributed by atoms with Crippen LogP contribution in [0.4, 0.5) is 17.1 Å². The molecule has 0 aliphatic heterocycles. The highest BCUT2D eigenvalue weighted by molar-refractivity contribution is 5.97. The molecule has 0 N–H and O–H groups in total. The van der Waals surface area contributed by atoms with Crippen LogP contribution in [0.3, 0.4) is 0 Å². The van der Waals surface area contributed by atoms with Crippen LogP contribution >= 0.6 is 0 Å². The summed E-state index contributed by atoms with van der Waals surface area (Å²) in [7, 11) is 0. The largest absolute Gasteiger partial charge is 0.309 e. The lowest BCUT2D eigenvalue weighted by Crippen LogP contribution is -2.12. The minimum atomic E-state index is 1.13. The lowest BCUT2D eigenvalue weighted by atomic mass is 9.94. The number of benzene rings is 5. The van der Waals surface area contributed by atoms with Gasteiger partial charge in [-0.05, 0) is 35.4 Å². The second kappa shape index (κ2) is 8.73. The third kappa shape index (κ3) is 3.86. The van der Waals surface area contributed by atoms with Gasteiger partial charge in [0.25, 0.3) is 0 Å². The van der Waals surface area contributed by atoms with Gasteiger partial charge in [-0.1, -0.05) is 115 Å². The van der Waals surface area contributed by atoms with Gasteiger partial charge in [0.1, 0.15) is 0 Å². The molecule has 0 aliphatic carbocycles. The van der Waals surface area contributed by atoms with E-state index in [0.717, 1.165) is 11.4 Å². The van der Waals surface area contributed by atoms with Crippen molar-refractivity contribution in [3.63, 3.8) is 0 Å². The zero-order valence-corrected chi connectivity index (χ0v) is 17.2. The maximum Gasteiger partial charge on any atom is 0.0618 e. The van der Waals surface area contributed by atoms with Crippen LogP contribution in [0.5, 0.6) is 0 Å². The van der Waals surface area contributed by atoms with E-state index in [1.54, 1.807) is 0 Å². The van der Waals surface area contributed by atoms with E-state index in [1.165, 1.54) is 27.9 Å². The molecule has 0 spiro atoms. The topological polar surface area (TPSA) is 3.24 Å². The molecule has 0 amide bonds. The molecule has 0 unspecified atom stereocenters. The van der Waals surface area contributed by atoms with Crippen molar-refractivity contribution in [2.45, 2.75) is 0 Å². The maximum absolute atomic E-state index is 2.37. The Morgan fingerprint density at radius 1 is 0.323 bits per heavy atom. The first-order valence-corrected chi connectivity index (χ1v) is 10.6. The molecule has 0 atom stereocenters. The summed E-state index contributed by atoms with van der Waals surface area (Å²) in [5.41, 5.74) is 8.25. The van der Waals surface area contributed by atoms with Crippen molar-refractivity contribution in [3.05, 3.63) is 140 Å². The maximum atomic E-state index is 2.37. The summed E-state index contributed by atoms with van der Waals surface area (Å²) in [5, 5.41) is 0. The molecule has 1 nitrogen and oxygen atoms in total. The fourth-order valence-corrected chi connectivity index (χ4v) is 4.05. The van der Waals surface area contributed by atoms with Crippen molar-refractivity contribution in [3.8, 4) is 22.3 Å². The van der Waals surface area contributed by atoms with Gasteiger partial charge in [-0.25, -0.2) is 0 Å². The van der Waals surface area contributed by atoms with Crippen LogP contribution < -0.4 is 4.90 Å². The van der Waals surface area contributed by atoms with E-state index in [9.17, 15) is 0 Å². The molecule has 0 saturated carbocycles. The van der Waals surface area contributed by atoms with E-state index in [-0.39, 0.29) is 0 Å². The van der Waals surface area contributed by atoms with Gasteiger partial charge < -0.3 is 4.90 Å². The molecule has 0 aromatic heterocycles. The molecule has 0 fully saturated rings. The number of hydrogen-bond donors (Lipinski definition) is 0. The second-order valence-electron chi connectivity index (χ2n) is 7.44. The van der Waals surface area contributed by atoms with Gasteiger partial charge in [0.2, 0.25) is 0 Å². The molecule has 1 heteroatoms. The molecule has 31 heavy (non-hydrogen) atoms. The normalized spacial score (nSPS) is 10.6. The number of rotatable bonds is 5. The Kier molecular flexibility index (Phi) is 5.32. The Labute approximate surface area is 183 Å². The molecule has 5 rings (SSSR count). The van der Waals surface area contributed by atoms with Crippen molar-refractivity contribution in [1.29, 1.82) is 0 Å². The SMILES string of the molecule is c1ccc(-c2cccc(-c3ccccc3)c2N(c2ccccc2)c2ccccc2)cc1. The van der Waals surface area contributed by atoms with Crippen molar-refractivity contribution in [1.82, 2.24) is 0 Å². The standard InChI is InChI=1S/C30H23N/c1-5-14-24(15-6-1)28-22-13-23-29(25-16-7-2-8-17-25)30(28)31(26-18-9-3-10-19-26)27-20-11-4-12-21-27/h1-23H. The van der Waals surface area contributed by atoms with E-state index in [0.29, 0.717) is 0 Å². The van der Waals surface area contributed by atoms with Crippen LogP contribution in [0.1, 0.15) is 0 Å². The van der Waals surface area contributed by atoms with E-state index >= 15 is 0 Å². The van der Waals surface area contributed by atoms with Gasteiger partial charge >= 0.3 is 0 Å². The Morgan fingerprint density at radius 3 is 1.06 bits per heavy atom. The summed E-state index contributed by atoms with van der Waals surface area (Å²) in [4.78, 5) is 2.37. The average Bonchev–Trinajstić information content (AvgIpc) is 2.87. The predicted octanol–water partition coefficient (Wildman–Crippen LogP) is 8.49. The molecular weight excluding hydrogens is 374 g/mol. The summed E-state index contributed by atoms with van der Waals surface area (Å²) >= 11 is 0. The minimum Gasteiger partial charge on any atom is -0.309 e. The Balaban J connectivity index is 1.85. The predicted molar refractivity (Wildman–Crippen MR) is 132 cm³/mol. The van der Waals surface area contributed by atoms with E-state index in [4.69, 9.17) is 0 Å². The number of nitrogens with zero attached hydrogens (tertiary/aromatic N) is 1. The number of anilines is 3. The number of para-hydroxylation sites is 3. The van der Waals surface area contributed by atoms with Gasteiger partial charge in [0.05, 0.1) is 5.69 Å². The lowest BCUT2D eigenvalue weighted by Gasteiger charge is -2.30. The second-order valence-corrected chi connectivity index (χ2v) is 7.44. The third-order valence-electron chi connectivity index (χ3n) is 5.46. The summed E-state index contributed by atoms with van der Waals surface area (Å²) in [5.74, 6) is 0. The highest BCUT2D eigenvalue weighted by Crippen LogP contribution is 2.46. The average molecular weight is 398 g/mol. The number of hydrogen-bond acceptors (Lipinski definition) is 1. The molecule has 0 radical (unpaired) electrons. The molecular formula is C30H23N. The van der Waals surface area contributed by atoms with Crippen LogP contribution in [-0.4, -0.2) is 0 Å². The highest BCUT2D eigenvalue weighted by Gasteiger charge is 2.21. The Hall–Kier alpha value is -4.10. The van der Waals surface area contributed by atoms with E-state index in [2.05, 4.69) is 144 Å². The molecule has 5 aromatic carbocycles. The molecule has 0 saturated heterocycles. The molecule has 0 aliphatic rings. The van der Waals surface area contributed by atoms with Crippen molar-refractivity contribution < 1.29 is 0 Å². The van der Waals surface area contributed by atoms with Crippen LogP contribution in [0, 0.1) is 0 Å². The lowest BCUT2D eigenvalue weighted by molar-refractivity contribution is 1.28. The monoisotopic (exact) mass is 397 g/mol. The van der Waals surface area contributed by atoms with Crippen molar-refractivity contribution in [2.24, 2.45) is 0 Å². The Morgan fingerprint density at radius 2 is 0.677 bits per heavy atom. The first-order chi connectivity index (χ1) is 15.4. The van der Waals surface area contributed by atoms with E-state index in [1.807, 2.05) is 0 Å². The third-order valence-corrected chi connectivity index (χ3v) is 5.46. The zero-order valence-electron chi connectivity index (χ0n) is 17.2. The van der Waals surface area contributed by atoms with Gasteiger partial charge in [-0.2, -0.15) is 0 Å². The van der Waals surface area contributed by atoms with Crippen molar-refractivity contribution >= 4 is 17.1 Å². The molecule has 0 heterocycles. The minimum absolute atomic E-state index is 1.13. The van der Waals surface area contributed by atoms with Crippen LogP contribution in [0.25, 0.3) is 22.3 Å². The van der Waals surface area contributed by atoms with Gasteiger partial charge in [0.15, 0.2) is 0 Å². The van der Waals surface area contributed by atoms with Crippen LogP contribution in [0.2, 0.25) is 0 Å². The summed E-state index contributed by atoms with van der Waals surface area (Å²) < 4.78 is 0. The van der Waals surface area contributed by atoms with Crippen LogP contribution in [0.15, 0.2) is 140 Å². The summed E-state index contributed by atoms with van der Waals surface area (Å²) in [6.07, 6.45) is 0. The first-order valence-electron chi connectivity index (χ1n) is 10.6. The Bertz CT molecular complexity index is 1150. The fraction of sp³-hybridized carbons (Fsp3) is 0. The van der Waals surface area contributed by atoms with E-state index < -0.39 is 0 Å². The molecule has 0 bridgehead atoms. The van der Waals surface area contributed by atoms with Gasteiger partial charge in [0, 0.05) is 22.5 Å². The zero-order chi connectivity index (χ0) is 20.9. The van der Waals surface area contributed by atoms with Gasteiger partial charge in [-0.3, -0.25) is 0 Å². The van der Waals surface area contributed by atoms with Crippen LogP contribution in [-0.2, 0) is 0 Å². The van der Waals surface area contributed by atoms with Crippen molar-refractivity contribution in [2.75, 3.05) is 4.90 Å². The quantitative estimate of drug-likeness (QED) is 0.287. The molecule has 148 valence electrons. The molecule has 5 aromatic rings. The summed E-state index contributed by atoms with van der Waals surface area (Å²) in [6, 6.07) is 49.0.